The Hall–Kier alpha value is -2.62. The van der Waals surface area contributed by atoms with Crippen LogP contribution in [-0.4, -0.2) is 16.5 Å². The van der Waals surface area contributed by atoms with Crippen LogP contribution in [0.4, 0.5) is 11.4 Å². The van der Waals surface area contributed by atoms with Crippen LogP contribution in [-0.2, 0) is 6.54 Å². The van der Waals surface area contributed by atoms with Crippen molar-refractivity contribution in [3.8, 4) is 0 Å². The van der Waals surface area contributed by atoms with Gasteiger partial charge in [-0.1, -0.05) is 18.2 Å². The molecule has 0 saturated heterocycles. The minimum atomic E-state index is 0.711. The summed E-state index contributed by atoms with van der Waals surface area (Å²) in [5.41, 5.74) is 9.78. The number of pyridine rings is 2. The summed E-state index contributed by atoms with van der Waals surface area (Å²) >= 11 is 0. The molecule has 0 aliphatic carbocycles. The molecule has 0 atom stereocenters. The molecule has 4 heteroatoms. The molecule has 0 bridgehead atoms. The van der Waals surface area contributed by atoms with Crippen molar-refractivity contribution >= 4 is 22.3 Å². The lowest BCUT2D eigenvalue weighted by Crippen LogP contribution is -2.23. The van der Waals surface area contributed by atoms with Gasteiger partial charge in [-0.05, 0) is 31.2 Å². The van der Waals surface area contributed by atoms with Crippen molar-refractivity contribution in [2.45, 2.75) is 13.5 Å². The molecule has 0 unspecified atom stereocenters. The van der Waals surface area contributed by atoms with Crippen molar-refractivity contribution in [2.75, 3.05) is 17.2 Å². The van der Waals surface area contributed by atoms with E-state index in [1.54, 1.807) is 0 Å². The molecule has 3 rings (SSSR count). The SMILES string of the molecule is CCN(Cc1ccccn1)c1ccnc2c(N)cccc12. The first kappa shape index (κ1) is 13.4. The van der Waals surface area contributed by atoms with Gasteiger partial charge >= 0.3 is 0 Å². The third kappa shape index (κ3) is 2.65. The number of hydrogen-bond donors (Lipinski definition) is 1. The summed E-state index contributed by atoms with van der Waals surface area (Å²) in [5, 5.41) is 1.08. The maximum Gasteiger partial charge on any atom is 0.0951 e. The summed E-state index contributed by atoms with van der Waals surface area (Å²) < 4.78 is 0. The molecule has 3 aromatic rings. The van der Waals surface area contributed by atoms with Crippen molar-refractivity contribution in [1.29, 1.82) is 0 Å². The number of benzene rings is 1. The highest BCUT2D eigenvalue weighted by molar-refractivity contribution is 5.97. The minimum Gasteiger partial charge on any atom is -0.397 e. The standard InChI is InChI=1S/C17H18N4/c1-2-21(12-13-6-3-4-10-19-13)16-9-11-20-17-14(16)7-5-8-15(17)18/h3-11H,2,12,18H2,1H3. The zero-order valence-electron chi connectivity index (χ0n) is 12.0. The fraction of sp³-hybridized carbons (Fsp3) is 0.176. The van der Waals surface area contributed by atoms with E-state index in [9.17, 15) is 0 Å². The van der Waals surface area contributed by atoms with Crippen LogP contribution < -0.4 is 10.6 Å². The van der Waals surface area contributed by atoms with Gasteiger partial charge in [0.1, 0.15) is 0 Å². The molecular formula is C17H18N4. The van der Waals surface area contributed by atoms with Crippen LogP contribution in [0.15, 0.2) is 54.9 Å². The molecule has 2 N–H and O–H groups in total. The maximum atomic E-state index is 6.03. The van der Waals surface area contributed by atoms with E-state index in [0.29, 0.717) is 5.69 Å². The van der Waals surface area contributed by atoms with Gasteiger partial charge in [0.15, 0.2) is 0 Å². The zero-order valence-corrected chi connectivity index (χ0v) is 12.0. The number of nitrogens with zero attached hydrogens (tertiary/aromatic N) is 3. The fourth-order valence-corrected chi connectivity index (χ4v) is 2.51. The predicted octanol–water partition coefficient (Wildman–Crippen LogP) is 3.24. The van der Waals surface area contributed by atoms with Crippen LogP contribution in [0.1, 0.15) is 12.6 Å². The lowest BCUT2D eigenvalue weighted by atomic mass is 10.1. The van der Waals surface area contributed by atoms with E-state index in [4.69, 9.17) is 5.73 Å². The fourth-order valence-electron chi connectivity index (χ4n) is 2.51. The van der Waals surface area contributed by atoms with E-state index in [0.717, 1.165) is 35.4 Å². The van der Waals surface area contributed by atoms with Crippen LogP contribution in [0.25, 0.3) is 10.9 Å². The summed E-state index contributed by atoms with van der Waals surface area (Å²) in [4.78, 5) is 11.1. The van der Waals surface area contributed by atoms with Crippen LogP contribution >= 0.6 is 0 Å². The quantitative estimate of drug-likeness (QED) is 0.744. The minimum absolute atomic E-state index is 0.711. The van der Waals surface area contributed by atoms with Crippen molar-refractivity contribution in [3.05, 3.63) is 60.6 Å². The van der Waals surface area contributed by atoms with Gasteiger partial charge in [-0.2, -0.15) is 0 Å². The monoisotopic (exact) mass is 278 g/mol. The molecule has 0 radical (unpaired) electrons. The van der Waals surface area contributed by atoms with E-state index in [-0.39, 0.29) is 0 Å². The van der Waals surface area contributed by atoms with Gasteiger partial charge in [-0.15, -0.1) is 0 Å². The van der Waals surface area contributed by atoms with E-state index in [1.807, 2.05) is 48.8 Å². The van der Waals surface area contributed by atoms with Crippen molar-refractivity contribution in [3.63, 3.8) is 0 Å². The van der Waals surface area contributed by atoms with E-state index >= 15 is 0 Å². The number of para-hydroxylation sites is 1. The molecule has 0 spiro atoms. The lowest BCUT2D eigenvalue weighted by Gasteiger charge is -2.24. The normalized spacial score (nSPS) is 10.7. The highest BCUT2D eigenvalue weighted by Crippen LogP contribution is 2.29. The first-order valence-electron chi connectivity index (χ1n) is 7.07. The second-order valence-electron chi connectivity index (χ2n) is 4.91. The van der Waals surface area contributed by atoms with Gasteiger partial charge < -0.3 is 10.6 Å². The second kappa shape index (κ2) is 5.79. The molecule has 0 aliphatic rings. The first-order chi connectivity index (χ1) is 10.3. The third-order valence-corrected chi connectivity index (χ3v) is 3.58. The van der Waals surface area contributed by atoms with Crippen molar-refractivity contribution < 1.29 is 0 Å². The molecular weight excluding hydrogens is 260 g/mol. The van der Waals surface area contributed by atoms with Crippen LogP contribution in [0.3, 0.4) is 0 Å². The van der Waals surface area contributed by atoms with Gasteiger partial charge in [0.05, 0.1) is 23.4 Å². The number of nitrogens with two attached hydrogens (primary N) is 1. The van der Waals surface area contributed by atoms with Gasteiger partial charge in [0, 0.05) is 30.0 Å². The molecule has 0 saturated carbocycles. The average molecular weight is 278 g/mol. The maximum absolute atomic E-state index is 6.03. The summed E-state index contributed by atoms with van der Waals surface area (Å²) in [7, 11) is 0. The Morgan fingerprint density at radius 1 is 1.00 bits per heavy atom. The molecule has 0 fully saturated rings. The summed E-state index contributed by atoms with van der Waals surface area (Å²) in [6.45, 7) is 3.80. The highest BCUT2D eigenvalue weighted by Gasteiger charge is 2.11. The van der Waals surface area contributed by atoms with Crippen LogP contribution in [0.5, 0.6) is 0 Å². The molecule has 106 valence electrons. The molecule has 21 heavy (non-hydrogen) atoms. The second-order valence-corrected chi connectivity index (χ2v) is 4.91. The summed E-state index contributed by atoms with van der Waals surface area (Å²) in [6.07, 6.45) is 3.64. The molecule has 2 heterocycles. The lowest BCUT2D eigenvalue weighted by molar-refractivity contribution is 0.812. The van der Waals surface area contributed by atoms with E-state index in [1.165, 1.54) is 0 Å². The number of rotatable bonds is 4. The number of aromatic nitrogens is 2. The molecule has 1 aromatic carbocycles. The Morgan fingerprint density at radius 2 is 1.90 bits per heavy atom. The van der Waals surface area contributed by atoms with Gasteiger partial charge in [-0.3, -0.25) is 9.97 Å². The van der Waals surface area contributed by atoms with E-state index < -0.39 is 0 Å². The molecule has 0 amide bonds. The largest absolute Gasteiger partial charge is 0.397 e. The summed E-state index contributed by atoms with van der Waals surface area (Å²) in [6, 6.07) is 13.9. The number of nitrogen functional groups attached to an aromatic ring is 1. The average Bonchev–Trinajstić information content (AvgIpc) is 2.54. The Kier molecular flexibility index (Phi) is 3.69. The predicted molar refractivity (Wildman–Crippen MR) is 87.1 cm³/mol. The Labute approximate surface area is 124 Å². The Morgan fingerprint density at radius 3 is 2.67 bits per heavy atom. The Bertz CT molecular complexity index is 740. The van der Waals surface area contributed by atoms with Gasteiger partial charge in [0.2, 0.25) is 0 Å². The molecule has 0 aliphatic heterocycles. The third-order valence-electron chi connectivity index (χ3n) is 3.58. The van der Waals surface area contributed by atoms with Gasteiger partial charge in [-0.25, -0.2) is 0 Å². The van der Waals surface area contributed by atoms with Crippen molar-refractivity contribution in [1.82, 2.24) is 9.97 Å². The van der Waals surface area contributed by atoms with Gasteiger partial charge in [0.25, 0.3) is 0 Å². The number of anilines is 2. The topological polar surface area (TPSA) is 55.0 Å². The van der Waals surface area contributed by atoms with Crippen LogP contribution in [0, 0.1) is 0 Å². The molecule has 4 nitrogen and oxygen atoms in total. The summed E-state index contributed by atoms with van der Waals surface area (Å²) in [5.74, 6) is 0. The van der Waals surface area contributed by atoms with Crippen molar-refractivity contribution in [2.24, 2.45) is 0 Å². The van der Waals surface area contributed by atoms with Crippen LogP contribution in [0.2, 0.25) is 0 Å². The molecule has 2 aromatic heterocycles. The zero-order chi connectivity index (χ0) is 14.7. The number of hydrogen-bond acceptors (Lipinski definition) is 4. The first-order valence-corrected chi connectivity index (χ1v) is 7.07. The smallest absolute Gasteiger partial charge is 0.0951 e. The Balaban J connectivity index is 2.03. The highest BCUT2D eigenvalue weighted by atomic mass is 15.1. The number of fused-ring (bicyclic) bond motifs is 1. The van der Waals surface area contributed by atoms with E-state index in [2.05, 4.69) is 27.9 Å².